The van der Waals surface area contributed by atoms with Gasteiger partial charge in [-0.1, -0.05) is 0 Å². The molecule has 0 rings (SSSR count). The molecule has 0 saturated heterocycles. The predicted octanol–water partition coefficient (Wildman–Crippen LogP) is 1.92. The first-order valence-electron chi connectivity index (χ1n) is 6.41. The average molecular weight is 271 g/mol. The van der Waals surface area contributed by atoms with Crippen LogP contribution in [0.25, 0.3) is 0 Å². The van der Waals surface area contributed by atoms with Gasteiger partial charge >= 0.3 is 0 Å². The van der Waals surface area contributed by atoms with Crippen molar-refractivity contribution in [3.8, 4) is 6.07 Å². The van der Waals surface area contributed by atoms with Gasteiger partial charge in [0.2, 0.25) is 5.91 Å². The van der Waals surface area contributed by atoms with Crippen molar-refractivity contribution in [3.63, 3.8) is 0 Å². The van der Waals surface area contributed by atoms with Gasteiger partial charge < -0.3 is 5.32 Å². The topological polar surface area (TPSA) is 64.9 Å². The van der Waals surface area contributed by atoms with Crippen molar-refractivity contribution in [1.82, 2.24) is 10.6 Å². The lowest BCUT2D eigenvalue weighted by Crippen LogP contribution is -2.44. The van der Waals surface area contributed by atoms with Crippen LogP contribution in [0, 0.1) is 11.3 Å². The van der Waals surface area contributed by atoms with Crippen molar-refractivity contribution < 1.29 is 4.79 Å². The molecule has 1 unspecified atom stereocenters. The molecule has 0 aliphatic carbocycles. The van der Waals surface area contributed by atoms with Crippen LogP contribution in [0.3, 0.4) is 0 Å². The summed E-state index contributed by atoms with van der Waals surface area (Å²) in [6, 6.07) is 2.66. The monoisotopic (exact) mass is 271 g/mol. The summed E-state index contributed by atoms with van der Waals surface area (Å²) in [5, 5.41) is 15.1. The highest BCUT2D eigenvalue weighted by molar-refractivity contribution is 7.99. The Balaban J connectivity index is 3.70. The van der Waals surface area contributed by atoms with Gasteiger partial charge in [-0.15, -0.1) is 0 Å². The van der Waals surface area contributed by atoms with E-state index in [9.17, 15) is 10.1 Å². The summed E-state index contributed by atoms with van der Waals surface area (Å²) in [7, 11) is 1.65. The molecule has 0 aliphatic heterocycles. The Hall–Kier alpha value is -0.730. The van der Waals surface area contributed by atoms with Crippen LogP contribution in [0.15, 0.2) is 0 Å². The molecule has 1 atom stereocenters. The van der Waals surface area contributed by atoms with Gasteiger partial charge in [-0.3, -0.25) is 10.1 Å². The van der Waals surface area contributed by atoms with E-state index in [2.05, 4.69) is 30.6 Å². The number of amides is 1. The Morgan fingerprint density at radius 1 is 1.44 bits per heavy atom. The molecule has 0 aromatic carbocycles. The van der Waals surface area contributed by atoms with Crippen LogP contribution in [0.5, 0.6) is 0 Å². The predicted molar refractivity (Wildman–Crippen MR) is 77.5 cm³/mol. The molecule has 0 heterocycles. The highest BCUT2D eigenvalue weighted by Gasteiger charge is 2.23. The Kier molecular flexibility index (Phi) is 8.86. The van der Waals surface area contributed by atoms with E-state index in [0.717, 1.165) is 25.0 Å². The largest absolute Gasteiger partial charge is 0.358 e. The van der Waals surface area contributed by atoms with Crippen molar-refractivity contribution in [2.45, 2.75) is 51.6 Å². The molecule has 2 N–H and O–H groups in total. The van der Waals surface area contributed by atoms with Crippen molar-refractivity contribution in [2.75, 3.05) is 18.6 Å². The molecular formula is C13H25N3OS. The Labute approximate surface area is 115 Å². The summed E-state index contributed by atoms with van der Waals surface area (Å²) in [6.45, 7) is 6.05. The van der Waals surface area contributed by atoms with Gasteiger partial charge in [0.25, 0.3) is 0 Å². The van der Waals surface area contributed by atoms with E-state index >= 15 is 0 Å². The molecule has 0 fully saturated rings. The molecule has 0 bridgehead atoms. The minimum absolute atomic E-state index is 0.0725. The number of unbranched alkanes of at least 4 members (excludes halogenated alkanes) is 1. The highest BCUT2D eigenvalue weighted by Crippen LogP contribution is 2.15. The number of carbonyl (C=O) groups excluding carboxylic acids is 1. The Bertz CT molecular complexity index is 288. The van der Waals surface area contributed by atoms with Gasteiger partial charge in [0.15, 0.2) is 0 Å². The lowest BCUT2D eigenvalue weighted by Gasteiger charge is -2.25. The molecule has 0 spiro atoms. The number of thioether (sulfide) groups is 1. The normalized spacial score (nSPS) is 14.0. The van der Waals surface area contributed by atoms with Crippen molar-refractivity contribution in [3.05, 3.63) is 0 Å². The average Bonchev–Trinajstić information content (AvgIpc) is 2.32. The standard InChI is InChI=1S/C13H25N3OS/c1-11(2)16-13(3,10-14)7-5-6-8-18-9-12(17)15-4/h11,16H,5-9H2,1-4H3,(H,15,17). The molecule has 0 aliphatic rings. The molecule has 0 aromatic heterocycles. The van der Waals surface area contributed by atoms with Gasteiger partial charge in [0.1, 0.15) is 5.54 Å². The number of rotatable bonds is 9. The molecule has 104 valence electrons. The minimum atomic E-state index is -0.431. The molecule has 0 aromatic rings. The summed E-state index contributed by atoms with van der Waals surface area (Å²) >= 11 is 1.64. The lowest BCUT2D eigenvalue weighted by molar-refractivity contribution is -0.118. The van der Waals surface area contributed by atoms with Crippen molar-refractivity contribution >= 4 is 17.7 Å². The second-order valence-electron chi connectivity index (χ2n) is 4.93. The van der Waals surface area contributed by atoms with Crippen molar-refractivity contribution in [1.29, 1.82) is 5.26 Å². The summed E-state index contributed by atoms with van der Waals surface area (Å²) in [4.78, 5) is 11.0. The number of nitrogens with zero attached hydrogens (tertiary/aromatic N) is 1. The van der Waals surface area contributed by atoms with Crippen LogP contribution >= 0.6 is 11.8 Å². The highest BCUT2D eigenvalue weighted by atomic mass is 32.2. The second kappa shape index (κ2) is 9.23. The maximum atomic E-state index is 11.0. The van der Waals surface area contributed by atoms with E-state index in [4.69, 9.17) is 0 Å². The fourth-order valence-electron chi connectivity index (χ4n) is 1.72. The zero-order valence-electron chi connectivity index (χ0n) is 11.9. The summed E-state index contributed by atoms with van der Waals surface area (Å²) < 4.78 is 0. The van der Waals surface area contributed by atoms with Gasteiger partial charge in [-0.05, 0) is 45.8 Å². The number of hydrogen-bond donors (Lipinski definition) is 2. The van der Waals surface area contributed by atoms with Gasteiger partial charge in [0, 0.05) is 13.1 Å². The fourth-order valence-corrected chi connectivity index (χ4v) is 2.60. The van der Waals surface area contributed by atoms with E-state index < -0.39 is 5.54 Å². The van der Waals surface area contributed by atoms with Gasteiger partial charge in [0.05, 0.1) is 11.8 Å². The van der Waals surface area contributed by atoms with Crippen molar-refractivity contribution in [2.24, 2.45) is 0 Å². The minimum Gasteiger partial charge on any atom is -0.358 e. The zero-order valence-corrected chi connectivity index (χ0v) is 12.7. The third-order valence-corrected chi connectivity index (χ3v) is 3.63. The number of nitriles is 1. The first-order valence-corrected chi connectivity index (χ1v) is 7.56. The molecule has 5 heteroatoms. The molecule has 4 nitrogen and oxygen atoms in total. The van der Waals surface area contributed by atoms with Crippen LogP contribution in [0.2, 0.25) is 0 Å². The zero-order chi connectivity index (χ0) is 14.0. The maximum absolute atomic E-state index is 11.0. The smallest absolute Gasteiger partial charge is 0.229 e. The maximum Gasteiger partial charge on any atom is 0.229 e. The van der Waals surface area contributed by atoms with Crippen LogP contribution in [0.4, 0.5) is 0 Å². The summed E-state index contributed by atoms with van der Waals surface area (Å²) in [6.07, 6.45) is 2.89. The van der Waals surface area contributed by atoms with Crippen LogP contribution in [-0.4, -0.2) is 36.0 Å². The van der Waals surface area contributed by atoms with Gasteiger partial charge in [-0.25, -0.2) is 0 Å². The van der Waals surface area contributed by atoms with Gasteiger partial charge in [-0.2, -0.15) is 17.0 Å². The van der Waals surface area contributed by atoms with E-state index in [1.165, 1.54) is 0 Å². The Morgan fingerprint density at radius 2 is 2.11 bits per heavy atom. The first-order chi connectivity index (χ1) is 8.43. The first kappa shape index (κ1) is 17.3. The SMILES string of the molecule is CNC(=O)CSCCCCC(C)(C#N)NC(C)C. The summed E-state index contributed by atoms with van der Waals surface area (Å²) in [5.41, 5.74) is -0.431. The third-order valence-electron chi connectivity index (χ3n) is 2.58. The van der Waals surface area contributed by atoms with Crippen LogP contribution in [0.1, 0.15) is 40.0 Å². The van der Waals surface area contributed by atoms with E-state index in [1.54, 1.807) is 18.8 Å². The third kappa shape index (κ3) is 8.37. The van der Waals surface area contributed by atoms with E-state index in [-0.39, 0.29) is 5.91 Å². The number of hydrogen-bond acceptors (Lipinski definition) is 4. The molecular weight excluding hydrogens is 246 g/mol. The molecule has 0 saturated carbocycles. The molecule has 0 radical (unpaired) electrons. The fraction of sp³-hybridized carbons (Fsp3) is 0.846. The second-order valence-corrected chi connectivity index (χ2v) is 6.03. The summed E-state index contributed by atoms with van der Waals surface area (Å²) in [5.74, 6) is 1.57. The van der Waals surface area contributed by atoms with E-state index in [1.807, 2.05) is 6.92 Å². The van der Waals surface area contributed by atoms with E-state index in [0.29, 0.717) is 11.8 Å². The Morgan fingerprint density at radius 3 is 2.61 bits per heavy atom. The number of nitrogens with one attached hydrogen (secondary N) is 2. The quantitative estimate of drug-likeness (QED) is 0.629. The van der Waals surface area contributed by atoms with Crippen LogP contribution < -0.4 is 10.6 Å². The number of carbonyl (C=O) groups is 1. The molecule has 1 amide bonds. The van der Waals surface area contributed by atoms with Crippen LogP contribution in [-0.2, 0) is 4.79 Å². The lowest BCUT2D eigenvalue weighted by atomic mass is 9.96. The molecule has 18 heavy (non-hydrogen) atoms.